The first-order chi connectivity index (χ1) is 10.3. The van der Waals surface area contributed by atoms with Crippen LogP contribution in [-0.4, -0.2) is 13.2 Å². The molecule has 21 heavy (non-hydrogen) atoms. The molecule has 1 fully saturated rings. The minimum absolute atomic E-state index is 0.131. The van der Waals surface area contributed by atoms with Gasteiger partial charge >= 0.3 is 0 Å². The number of methoxy groups -OCH3 is 1. The monoisotopic (exact) mass is 285 g/mol. The van der Waals surface area contributed by atoms with E-state index < -0.39 is 0 Å². The van der Waals surface area contributed by atoms with Crippen LogP contribution >= 0.6 is 0 Å². The van der Waals surface area contributed by atoms with Crippen LogP contribution in [0.1, 0.15) is 29.9 Å². The minimum atomic E-state index is -0.131. The fourth-order valence-electron chi connectivity index (χ4n) is 2.85. The summed E-state index contributed by atoms with van der Waals surface area (Å²) < 4.78 is 18.8. The van der Waals surface area contributed by atoms with Crippen LogP contribution in [0.5, 0.6) is 5.75 Å². The number of hydrogen-bond acceptors (Lipinski definition) is 2. The Balaban J connectivity index is 1.51. The second-order valence-corrected chi connectivity index (χ2v) is 5.61. The molecule has 3 rings (SSSR count). The molecule has 1 aliphatic carbocycles. The molecule has 2 nitrogen and oxygen atoms in total. The van der Waals surface area contributed by atoms with E-state index in [2.05, 4.69) is 17.4 Å². The molecule has 1 aliphatic rings. The summed E-state index contributed by atoms with van der Waals surface area (Å²) in [6, 6.07) is 15.7. The van der Waals surface area contributed by atoms with Gasteiger partial charge < -0.3 is 10.1 Å². The lowest BCUT2D eigenvalue weighted by Crippen LogP contribution is -2.39. The van der Waals surface area contributed by atoms with Gasteiger partial charge in [0.2, 0.25) is 0 Å². The fourth-order valence-corrected chi connectivity index (χ4v) is 2.85. The van der Waals surface area contributed by atoms with Gasteiger partial charge in [-0.25, -0.2) is 4.39 Å². The number of ether oxygens (including phenoxy) is 1. The highest BCUT2D eigenvalue weighted by molar-refractivity contribution is 5.32. The van der Waals surface area contributed by atoms with Gasteiger partial charge in [-0.05, 0) is 42.5 Å². The van der Waals surface area contributed by atoms with E-state index in [9.17, 15) is 4.39 Å². The molecule has 0 spiro atoms. The molecule has 2 aromatic carbocycles. The van der Waals surface area contributed by atoms with Crippen molar-refractivity contribution in [3.8, 4) is 5.75 Å². The molecule has 0 atom stereocenters. The van der Waals surface area contributed by atoms with E-state index in [1.807, 2.05) is 24.3 Å². The summed E-state index contributed by atoms with van der Waals surface area (Å²) in [6.07, 6.45) is 2.20. The second kappa shape index (κ2) is 6.27. The normalized spacial score (nSPS) is 20.9. The predicted molar refractivity (Wildman–Crippen MR) is 82.0 cm³/mol. The van der Waals surface area contributed by atoms with Gasteiger partial charge in [-0.3, -0.25) is 0 Å². The molecule has 0 aromatic heterocycles. The Hall–Kier alpha value is -1.87. The van der Waals surface area contributed by atoms with Gasteiger partial charge in [0.15, 0.2) is 0 Å². The van der Waals surface area contributed by atoms with Crippen LogP contribution in [0.4, 0.5) is 4.39 Å². The van der Waals surface area contributed by atoms with E-state index in [1.54, 1.807) is 13.2 Å². The molecule has 110 valence electrons. The van der Waals surface area contributed by atoms with E-state index in [0.29, 0.717) is 18.5 Å². The van der Waals surface area contributed by atoms with Crippen molar-refractivity contribution in [2.75, 3.05) is 7.11 Å². The molecule has 0 radical (unpaired) electrons. The number of nitrogens with one attached hydrogen (secondary N) is 1. The molecule has 1 N–H and O–H groups in total. The molecule has 0 amide bonds. The molecule has 0 heterocycles. The van der Waals surface area contributed by atoms with Crippen molar-refractivity contribution >= 4 is 0 Å². The van der Waals surface area contributed by atoms with Gasteiger partial charge in [-0.15, -0.1) is 0 Å². The number of halogens is 1. The third kappa shape index (κ3) is 3.24. The highest BCUT2D eigenvalue weighted by Crippen LogP contribution is 2.38. The van der Waals surface area contributed by atoms with Gasteiger partial charge in [0.05, 0.1) is 7.11 Å². The highest BCUT2D eigenvalue weighted by atomic mass is 19.1. The summed E-state index contributed by atoms with van der Waals surface area (Å²) in [5.74, 6) is 1.36. The van der Waals surface area contributed by atoms with E-state index in [-0.39, 0.29) is 5.82 Å². The lowest BCUT2D eigenvalue weighted by molar-refractivity contribution is 0.287. The Morgan fingerprint density at radius 3 is 2.71 bits per heavy atom. The first-order valence-corrected chi connectivity index (χ1v) is 7.37. The Morgan fingerprint density at radius 2 is 1.95 bits per heavy atom. The first-order valence-electron chi connectivity index (χ1n) is 7.37. The number of benzene rings is 2. The predicted octanol–water partition coefficient (Wildman–Crippen LogP) is 3.87. The summed E-state index contributed by atoms with van der Waals surface area (Å²) >= 11 is 0. The third-order valence-corrected chi connectivity index (χ3v) is 4.24. The number of hydrogen-bond donors (Lipinski definition) is 1. The lowest BCUT2D eigenvalue weighted by atomic mass is 9.76. The van der Waals surface area contributed by atoms with Gasteiger partial charge in [-0.2, -0.15) is 0 Å². The molecular formula is C18H20FNO. The molecule has 3 heteroatoms. The zero-order valence-electron chi connectivity index (χ0n) is 12.2. The maximum Gasteiger partial charge on any atom is 0.127 e. The zero-order chi connectivity index (χ0) is 14.7. The SMILES string of the molecule is COc1cccc(C2CC(NCc3ccccc3F)C2)c1. The Morgan fingerprint density at radius 1 is 1.14 bits per heavy atom. The van der Waals surface area contributed by atoms with Gasteiger partial charge in [-0.1, -0.05) is 30.3 Å². The van der Waals surface area contributed by atoms with Crippen molar-refractivity contribution in [1.82, 2.24) is 5.32 Å². The Bertz CT molecular complexity index is 608. The second-order valence-electron chi connectivity index (χ2n) is 5.61. The van der Waals surface area contributed by atoms with E-state index >= 15 is 0 Å². The molecule has 0 bridgehead atoms. The van der Waals surface area contributed by atoms with Gasteiger partial charge in [0.1, 0.15) is 11.6 Å². The molecule has 2 aromatic rings. The maximum atomic E-state index is 13.5. The summed E-state index contributed by atoms with van der Waals surface area (Å²) in [5.41, 5.74) is 2.07. The topological polar surface area (TPSA) is 21.3 Å². The van der Waals surface area contributed by atoms with Crippen molar-refractivity contribution in [1.29, 1.82) is 0 Å². The highest BCUT2D eigenvalue weighted by Gasteiger charge is 2.30. The smallest absolute Gasteiger partial charge is 0.127 e. The molecule has 0 unspecified atom stereocenters. The zero-order valence-corrected chi connectivity index (χ0v) is 12.2. The van der Waals surface area contributed by atoms with Crippen LogP contribution in [0.25, 0.3) is 0 Å². The van der Waals surface area contributed by atoms with Crippen LogP contribution in [0.2, 0.25) is 0 Å². The van der Waals surface area contributed by atoms with Crippen molar-refractivity contribution in [3.63, 3.8) is 0 Å². The Labute approximate surface area is 125 Å². The summed E-state index contributed by atoms with van der Waals surface area (Å²) in [7, 11) is 1.69. The standard InChI is InChI=1S/C18H20FNO/c1-21-17-7-4-6-13(11-17)15-9-16(10-15)20-12-14-5-2-3-8-18(14)19/h2-8,11,15-16,20H,9-10,12H2,1H3. The largest absolute Gasteiger partial charge is 0.497 e. The summed E-state index contributed by atoms with van der Waals surface area (Å²) in [4.78, 5) is 0. The average Bonchev–Trinajstić information content (AvgIpc) is 2.47. The lowest BCUT2D eigenvalue weighted by Gasteiger charge is -2.36. The van der Waals surface area contributed by atoms with Crippen LogP contribution in [-0.2, 0) is 6.54 Å². The van der Waals surface area contributed by atoms with E-state index in [0.717, 1.165) is 24.2 Å². The maximum absolute atomic E-state index is 13.5. The van der Waals surface area contributed by atoms with Crippen LogP contribution in [0.15, 0.2) is 48.5 Å². The molecule has 1 saturated carbocycles. The van der Waals surface area contributed by atoms with Gasteiger partial charge in [0, 0.05) is 18.2 Å². The molecule has 0 saturated heterocycles. The quantitative estimate of drug-likeness (QED) is 0.900. The molecular weight excluding hydrogens is 265 g/mol. The number of rotatable bonds is 5. The van der Waals surface area contributed by atoms with Gasteiger partial charge in [0.25, 0.3) is 0 Å². The van der Waals surface area contributed by atoms with Crippen molar-refractivity contribution in [2.24, 2.45) is 0 Å². The Kier molecular flexibility index (Phi) is 4.20. The van der Waals surface area contributed by atoms with Crippen molar-refractivity contribution < 1.29 is 9.13 Å². The molecule has 0 aliphatic heterocycles. The van der Waals surface area contributed by atoms with Crippen LogP contribution in [0, 0.1) is 5.82 Å². The fraction of sp³-hybridized carbons (Fsp3) is 0.333. The first kappa shape index (κ1) is 14.1. The minimum Gasteiger partial charge on any atom is -0.497 e. The van der Waals surface area contributed by atoms with Crippen LogP contribution in [0.3, 0.4) is 0 Å². The van der Waals surface area contributed by atoms with Crippen molar-refractivity contribution in [2.45, 2.75) is 31.3 Å². The van der Waals surface area contributed by atoms with E-state index in [4.69, 9.17) is 4.74 Å². The summed E-state index contributed by atoms with van der Waals surface area (Å²) in [6.45, 7) is 0.599. The van der Waals surface area contributed by atoms with E-state index in [1.165, 1.54) is 11.6 Å². The summed E-state index contributed by atoms with van der Waals surface area (Å²) in [5, 5.41) is 3.43. The van der Waals surface area contributed by atoms with Crippen LogP contribution < -0.4 is 10.1 Å². The van der Waals surface area contributed by atoms with Crippen molar-refractivity contribution in [3.05, 3.63) is 65.5 Å². The third-order valence-electron chi connectivity index (χ3n) is 4.24. The average molecular weight is 285 g/mol.